The van der Waals surface area contributed by atoms with Crippen LogP contribution >= 0.6 is 0 Å². The van der Waals surface area contributed by atoms with Gasteiger partial charge in [-0.15, -0.1) is 0 Å². The van der Waals surface area contributed by atoms with E-state index >= 15 is 0 Å². The Hall–Kier alpha value is -3.28. The summed E-state index contributed by atoms with van der Waals surface area (Å²) in [5.74, 6) is 0.0679. The molecule has 1 amide bonds. The van der Waals surface area contributed by atoms with Crippen molar-refractivity contribution in [1.29, 1.82) is 0 Å². The molecule has 2 aliphatic rings. The minimum Gasteiger partial charge on any atom is -0.507 e. The van der Waals surface area contributed by atoms with Gasteiger partial charge < -0.3 is 19.5 Å². The molecule has 6 heteroatoms. The van der Waals surface area contributed by atoms with E-state index in [0.717, 1.165) is 29.7 Å². The first-order valence-electron chi connectivity index (χ1n) is 10.8. The van der Waals surface area contributed by atoms with Gasteiger partial charge in [-0.3, -0.25) is 9.59 Å². The second-order valence-corrected chi connectivity index (χ2v) is 7.83. The van der Waals surface area contributed by atoms with Crippen molar-refractivity contribution in [2.45, 2.75) is 39.2 Å². The number of benzene rings is 2. The fraction of sp³-hybridized carbons (Fsp3) is 0.360. The van der Waals surface area contributed by atoms with Crippen molar-refractivity contribution < 1.29 is 24.2 Å². The number of fused-ring (bicyclic) bond motifs is 1. The zero-order valence-corrected chi connectivity index (χ0v) is 17.9. The number of Topliss-reactive ketones (excluding diaryl/α,β-unsaturated/α-hetero) is 1. The molecule has 1 atom stereocenters. The van der Waals surface area contributed by atoms with E-state index in [1.165, 1.54) is 0 Å². The SMILES string of the molecule is CCCOc1cccc(C2/C(=C(/O)c3ccc4c(c3)CCO4)C(=O)C(=O)N2CCC)c1. The lowest BCUT2D eigenvalue weighted by Gasteiger charge is -2.25. The molecule has 0 radical (unpaired) electrons. The van der Waals surface area contributed by atoms with Crippen LogP contribution in [0.4, 0.5) is 0 Å². The molecule has 0 bridgehead atoms. The maximum absolute atomic E-state index is 13.0. The predicted molar refractivity (Wildman–Crippen MR) is 117 cm³/mol. The van der Waals surface area contributed by atoms with E-state index in [1.807, 2.05) is 44.2 Å². The first-order valence-corrected chi connectivity index (χ1v) is 10.8. The van der Waals surface area contributed by atoms with Gasteiger partial charge in [-0.1, -0.05) is 26.0 Å². The van der Waals surface area contributed by atoms with Gasteiger partial charge in [0.25, 0.3) is 11.7 Å². The summed E-state index contributed by atoms with van der Waals surface area (Å²) in [7, 11) is 0. The largest absolute Gasteiger partial charge is 0.507 e. The summed E-state index contributed by atoms with van der Waals surface area (Å²) in [5.41, 5.74) is 2.36. The van der Waals surface area contributed by atoms with Crippen LogP contribution in [0.5, 0.6) is 11.5 Å². The van der Waals surface area contributed by atoms with Gasteiger partial charge in [-0.05, 0) is 54.3 Å². The summed E-state index contributed by atoms with van der Waals surface area (Å²) < 4.78 is 11.3. The van der Waals surface area contributed by atoms with Crippen molar-refractivity contribution in [2.75, 3.05) is 19.8 Å². The summed E-state index contributed by atoms with van der Waals surface area (Å²) >= 11 is 0. The van der Waals surface area contributed by atoms with E-state index in [2.05, 4.69) is 0 Å². The molecule has 2 aromatic carbocycles. The number of carbonyl (C=O) groups excluding carboxylic acids is 2. The second kappa shape index (κ2) is 8.84. The number of likely N-dealkylation sites (tertiary alicyclic amines) is 1. The molecule has 0 saturated carbocycles. The van der Waals surface area contributed by atoms with Crippen LogP contribution in [-0.4, -0.2) is 41.5 Å². The Morgan fingerprint density at radius 1 is 1.16 bits per heavy atom. The number of rotatable bonds is 7. The summed E-state index contributed by atoms with van der Waals surface area (Å²) in [4.78, 5) is 27.4. The number of aliphatic hydroxyl groups is 1. The lowest BCUT2D eigenvalue weighted by molar-refractivity contribution is -0.139. The molecular formula is C25H27NO5. The van der Waals surface area contributed by atoms with Gasteiger partial charge in [0.1, 0.15) is 17.3 Å². The number of nitrogens with zero attached hydrogens (tertiary/aromatic N) is 1. The van der Waals surface area contributed by atoms with E-state index < -0.39 is 17.7 Å². The number of carbonyl (C=O) groups is 2. The Balaban J connectivity index is 1.81. The van der Waals surface area contributed by atoms with Gasteiger partial charge in [0.15, 0.2) is 0 Å². The summed E-state index contributed by atoms with van der Waals surface area (Å²) in [6.45, 7) is 5.59. The lowest BCUT2D eigenvalue weighted by Crippen LogP contribution is -2.30. The smallest absolute Gasteiger partial charge is 0.295 e. The molecule has 31 heavy (non-hydrogen) atoms. The Morgan fingerprint density at radius 3 is 2.77 bits per heavy atom. The molecule has 0 aliphatic carbocycles. The standard InChI is InChI=1S/C25H27NO5/c1-3-11-26-22(17-6-5-7-19(15-17)30-12-4-2)21(24(28)25(26)29)23(27)18-8-9-20-16(14-18)10-13-31-20/h5-9,14-15,22,27H,3-4,10-13H2,1-2H3/b23-21-. The maximum Gasteiger partial charge on any atom is 0.295 e. The quantitative estimate of drug-likeness (QED) is 0.411. The van der Waals surface area contributed by atoms with Crippen LogP contribution in [0.25, 0.3) is 5.76 Å². The van der Waals surface area contributed by atoms with Gasteiger partial charge in [0.05, 0.1) is 24.8 Å². The van der Waals surface area contributed by atoms with E-state index in [0.29, 0.717) is 37.5 Å². The first-order chi connectivity index (χ1) is 15.0. The molecule has 1 saturated heterocycles. The molecule has 2 aliphatic heterocycles. The molecule has 6 nitrogen and oxygen atoms in total. The van der Waals surface area contributed by atoms with Crippen LogP contribution < -0.4 is 9.47 Å². The monoisotopic (exact) mass is 421 g/mol. The van der Waals surface area contributed by atoms with E-state index in [1.54, 1.807) is 17.0 Å². The number of ketones is 1. The third-order valence-electron chi connectivity index (χ3n) is 5.61. The maximum atomic E-state index is 13.0. The normalized spacial score (nSPS) is 19.4. The Morgan fingerprint density at radius 2 is 2.00 bits per heavy atom. The molecule has 1 unspecified atom stereocenters. The summed E-state index contributed by atoms with van der Waals surface area (Å²) in [6, 6.07) is 12.1. The Kier molecular flexibility index (Phi) is 5.98. The molecule has 0 spiro atoms. The molecule has 0 aromatic heterocycles. The molecule has 162 valence electrons. The highest BCUT2D eigenvalue weighted by atomic mass is 16.5. The van der Waals surface area contributed by atoms with Crippen molar-refractivity contribution in [2.24, 2.45) is 0 Å². The average Bonchev–Trinajstić information content (AvgIpc) is 3.35. The van der Waals surface area contributed by atoms with E-state index in [4.69, 9.17) is 9.47 Å². The fourth-order valence-corrected chi connectivity index (χ4v) is 4.18. The molecule has 2 aromatic rings. The molecule has 2 heterocycles. The van der Waals surface area contributed by atoms with Gasteiger partial charge in [-0.2, -0.15) is 0 Å². The molecule has 1 fully saturated rings. The van der Waals surface area contributed by atoms with Crippen molar-refractivity contribution in [1.82, 2.24) is 4.90 Å². The third kappa shape index (κ3) is 3.90. The summed E-state index contributed by atoms with van der Waals surface area (Å²) in [5, 5.41) is 11.2. The predicted octanol–water partition coefficient (Wildman–Crippen LogP) is 4.24. The average molecular weight is 421 g/mol. The van der Waals surface area contributed by atoms with Crippen LogP contribution in [0.2, 0.25) is 0 Å². The van der Waals surface area contributed by atoms with Gasteiger partial charge >= 0.3 is 0 Å². The van der Waals surface area contributed by atoms with Crippen LogP contribution in [0, 0.1) is 0 Å². The van der Waals surface area contributed by atoms with Crippen molar-refractivity contribution in [3.05, 3.63) is 64.7 Å². The minimum atomic E-state index is -0.660. The van der Waals surface area contributed by atoms with Crippen molar-refractivity contribution in [3.63, 3.8) is 0 Å². The van der Waals surface area contributed by atoms with Crippen LogP contribution in [0.1, 0.15) is 49.4 Å². The number of amides is 1. The van der Waals surface area contributed by atoms with Gasteiger partial charge in [0, 0.05) is 18.5 Å². The number of ether oxygens (including phenoxy) is 2. The minimum absolute atomic E-state index is 0.116. The highest BCUT2D eigenvalue weighted by molar-refractivity contribution is 6.46. The van der Waals surface area contributed by atoms with Crippen LogP contribution in [0.3, 0.4) is 0 Å². The van der Waals surface area contributed by atoms with E-state index in [-0.39, 0.29) is 11.3 Å². The van der Waals surface area contributed by atoms with Crippen molar-refractivity contribution >= 4 is 17.4 Å². The third-order valence-corrected chi connectivity index (χ3v) is 5.61. The number of hydrogen-bond acceptors (Lipinski definition) is 5. The van der Waals surface area contributed by atoms with E-state index in [9.17, 15) is 14.7 Å². The fourth-order valence-electron chi connectivity index (χ4n) is 4.18. The zero-order valence-electron chi connectivity index (χ0n) is 17.9. The van der Waals surface area contributed by atoms with Crippen LogP contribution in [0.15, 0.2) is 48.0 Å². The Labute approximate surface area is 182 Å². The molecular weight excluding hydrogens is 394 g/mol. The van der Waals surface area contributed by atoms with Gasteiger partial charge in [-0.25, -0.2) is 0 Å². The summed E-state index contributed by atoms with van der Waals surface area (Å²) in [6.07, 6.45) is 2.33. The zero-order chi connectivity index (χ0) is 22.0. The number of aliphatic hydroxyl groups excluding tert-OH is 1. The molecule has 1 N–H and O–H groups in total. The van der Waals surface area contributed by atoms with Crippen LogP contribution in [-0.2, 0) is 16.0 Å². The molecule has 4 rings (SSSR count). The van der Waals surface area contributed by atoms with Gasteiger partial charge in [0.2, 0.25) is 0 Å². The topological polar surface area (TPSA) is 76.1 Å². The lowest BCUT2D eigenvalue weighted by atomic mass is 9.94. The first kappa shape index (κ1) is 21.0. The highest BCUT2D eigenvalue weighted by Crippen LogP contribution is 2.41. The highest BCUT2D eigenvalue weighted by Gasteiger charge is 2.45. The van der Waals surface area contributed by atoms with Crippen molar-refractivity contribution in [3.8, 4) is 11.5 Å². The number of hydrogen-bond donors (Lipinski definition) is 1. The second-order valence-electron chi connectivity index (χ2n) is 7.83. The Bertz CT molecular complexity index is 1040.